The first-order chi connectivity index (χ1) is 10.9. The lowest BCUT2D eigenvalue weighted by Gasteiger charge is -2.28. The summed E-state index contributed by atoms with van der Waals surface area (Å²) in [6.07, 6.45) is 0.965. The number of hydrogen-bond donors (Lipinski definition) is 0. The zero-order valence-corrected chi connectivity index (χ0v) is 12.4. The second-order valence-corrected chi connectivity index (χ2v) is 5.67. The SMILES string of the molecule is c1cc(-c2nc([C@@H]3CCOC3)no2)cc(N2CCOCC2)c1. The van der Waals surface area contributed by atoms with E-state index in [1.165, 1.54) is 5.69 Å². The van der Waals surface area contributed by atoms with Crippen molar-refractivity contribution in [1.29, 1.82) is 0 Å². The zero-order valence-electron chi connectivity index (χ0n) is 12.4. The molecule has 6 nitrogen and oxygen atoms in total. The Labute approximate surface area is 129 Å². The topological polar surface area (TPSA) is 60.6 Å². The highest BCUT2D eigenvalue weighted by molar-refractivity contribution is 5.62. The molecule has 2 aliphatic heterocycles. The van der Waals surface area contributed by atoms with Crippen LogP contribution < -0.4 is 4.90 Å². The highest BCUT2D eigenvalue weighted by Gasteiger charge is 2.23. The van der Waals surface area contributed by atoms with Crippen molar-refractivity contribution < 1.29 is 14.0 Å². The van der Waals surface area contributed by atoms with Gasteiger partial charge in [-0.25, -0.2) is 0 Å². The van der Waals surface area contributed by atoms with Gasteiger partial charge in [0.15, 0.2) is 5.82 Å². The van der Waals surface area contributed by atoms with Gasteiger partial charge >= 0.3 is 0 Å². The van der Waals surface area contributed by atoms with Gasteiger partial charge in [-0.1, -0.05) is 11.2 Å². The second-order valence-electron chi connectivity index (χ2n) is 5.67. The van der Waals surface area contributed by atoms with Crippen molar-refractivity contribution in [2.75, 3.05) is 44.4 Å². The number of ether oxygens (including phenoxy) is 2. The number of anilines is 1. The summed E-state index contributed by atoms with van der Waals surface area (Å²) in [5.74, 6) is 1.60. The van der Waals surface area contributed by atoms with E-state index in [0.29, 0.717) is 12.5 Å². The molecule has 0 radical (unpaired) electrons. The molecule has 22 heavy (non-hydrogen) atoms. The molecule has 0 N–H and O–H groups in total. The maximum absolute atomic E-state index is 5.45. The van der Waals surface area contributed by atoms with E-state index in [1.54, 1.807) is 0 Å². The van der Waals surface area contributed by atoms with Crippen molar-refractivity contribution in [1.82, 2.24) is 10.1 Å². The van der Waals surface area contributed by atoms with Gasteiger partial charge in [-0.2, -0.15) is 4.98 Å². The molecule has 116 valence electrons. The van der Waals surface area contributed by atoms with Gasteiger partial charge in [-0.05, 0) is 24.6 Å². The number of rotatable bonds is 3. The van der Waals surface area contributed by atoms with E-state index in [1.807, 2.05) is 12.1 Å². The summed E-state index contributed by atoms with van der Waals surface area (Å²) >= 11 is 0. The molecule has 1 aromatic carbocycles. The van der Waals surface area contributed by atoms with Gasteiger partial charge in [0.1, 0.15) is 0 Å². The number of aromatic nitrogens is 2. The predicted molar refractivity (Wildman–Crippen MR) is 80.9 cm³/mol. The van der Waals surface area contributed by atoms with Crippen LogP contribution in [0.1, 0.15) is 18.2 Å². The molecule has 0 unspecified atom stereocenters. The largest absolute Gasteiger partial charge is 0.381 e. The molecule has 2 fully saturated rings. The first kappa shape index (κ1) is 13.7. The Morgan fingerprint density at radius 2 is 2.00 bits per heavy atom. The van der Waals surface area contributed by atoms with Crippen LogP contribution in [0.25, 0.3) is 11.5 Å². The fourth-order valence-corrected chi connectivity index (χ4v) is 2.91. The quantitative estimate of drug-likeness (QED) is 0.865. The van der Waals surface area contributed by atoms with E-state index in [0.717, 1.165) is 50.7 Å². The summed E-state index contributed by atoms with van der Waals surface area (Å²) in [5, 5.41) is 4.12. The number of hydrogen-bond acceptors (Lipinski definition) is 6. The Morgan fingerprint density at radius 3 is 2.82 bits per heavy atom. The monoisotopic (exact) mass is 301 g/mol. The fraction of sp³-hybridized carbons (Fsp3) is 0.500. The Hall–Kier alpha value is -1.92. The summed E-state index contributed by atoms with van der Waals surface area (Å²) in [7, 11) is 0. The summed E-state index contributed by atoms with van der Waals surface area (Å²) < 4.78 is 16.2. The van der Waals surface area contributed by atoms with Crippen LogP contribution in [0, 0.1) is 0 Å². The minimum atomic E-state index is 0.264. The molecular formula is C16H19N3O3. The zero-order chi connectivity index (χ0) is 14.8. The fourth-order valence-electron chi connectivity index (χ4n) is 2.91. The highest BCUT2D eigenvalue weighted by Crippen LogP contribution is 2.27. The van der Waals surface area contributed by atoms with Crippen LogP contribution in [0.3, 0.4) is 0 Å². The van der Waals surface area contributed by atoms with Crippen molar-refractivity contribution >= 4 is 5.69 Å². The molecule has 4 rings (SSSR count). The lowest BCUT2D eigenvalue weighted by molar-refractivity contribution is 0.122. The smallest absolute Gasteiger partial charge is 0.258 e. The maximum atomic E-state index is 5.45. The highest BCUT2D eigenvalue weighted by atomic mass is 16.5. The lowest BCUT2D eigenvalue weighted by atomic mass is 10.1. The standard InChI is InChI=1S/C16H19N3O3/c1-2-12(10-14(3-1)19-5-8-20-9-6-19)16-17-15(18-22-16)13-4-7-21-11-13/h1-3,10,13H,4-9,11H2/t13-/m1/s1. The van der Waals surface area contributed by atoms with Crippen molar-refractivity contribution in [3.63, 3.8) is 0 Å². The maximum Gasteiger partial charge on any atom is 0.258 e. The third-order valence-electron chi connectivity index (χ3n) is 4.21. The summed E-state index contributed by atoms with van der Waals surface area (Å²) in [5.41, 5.74) is 2.13. The molecule has 1 atom stereocenters. The summed E-state index contributed by atoms with van der Waals surface area (Å²) in [6.45, 7) is 4.84. The average molecular weight is 301 g/mol. The Morgan fingerprint density at radius 1 is 1.09 bits per heavy atom. The van der Waals surface area contributed by atoms with Crippen LogP contribution in [0.5, 0.6) is 0 Å². The van der Waals surface area contributed by atoms with Crippen LogP contribution in [0.15, 0.2) is 28.8 Å². The van der Waals surface area contributed by atoms with E-state index < -0.39 is 0 Å². The summed E-state index contributed by atoms with van der Waals surface area (Å²) in [6, 6.07) is 8.25. The molecule has 0 aliphatic carbocycles. The van der Waals surface area contributed by atoms with Crippen LogP contribution in [-0.2, 0) is 9.47 Å². The third kappa shape index (κ3) is 2.71. The van der Waals surface area contributed by atoms with Gasteiger partial charge in [0.05, 0.1) is 19.8 Å². The van der Waals surface area contributed by atoms with E-state index in [-0.39, 0.29) is 5.92 Å². The molecule has 3 heterocycles. The first-order valence-corrected chi connectivity index (χ1v) is 7.74. The minimum absolute atomic E-state index is 0.264. The van der Waals surface area contributed by atoms with Gasteiger partial charge in [0.25, 0.3) is 5.89 Å². The van der Waals surface area contributed by atoms with E-state index in [4.69, 9.17) is 14.0 Å². The molecular weight excluding hydrogens is 282 g/mol. The van der Waals surface area contributed by atoms with Crippen LogP contribution in [-0.4, -0.2) is 49.7 Å². The van der Waals surface area contributed by atoms with E-state index in [2.05, 4.69) is 27.2 Å². The van der Waals surface area contributed by atoms with Crippen LogP contribution in [0.4, 0.5) is 5.69 Å². The van der Waals surface area contributed by atoms with Gasteiger partial charge in [0.2, 0.25) is 0 Å². The number of morpholine rings is 1. The van der Waals surface area contributed by atoms with Crippen molar-refractivity contribution in [3.05, 3.63) is 30.1 Å². The van der Waals surface area contributed by atoms with Gasteiger partial charge in [-0.3, -0.25) is 0 Å². The van der Waals surface area contributed by atoms with Crippen molar-refractivity contribution in [2.45, 2.75) is 12.3 Å². The Bertz CT molecular complexity index is 631. The van der Waals surface area contributed by atoms with Crippen molar-refractivity contribution in [2.24, 2.45) is 0 Å². The molecule has 2 saturated heterocycles. The Balaban J connectivity index is 1.56. The van der Waals surface area contributed by atoms with Gasteiger partial charge in [0, 0.05) is 36.9 Å². The van der Waals surface area contributed by atoms with Gasteiger partial charge < -0.3 is 18.9 Å². The Kier molecular flexibility index (Phi) is 3.78. The normalized spacial score (nSPS) is 22.2. The average Bonchev–Trinajstić information content (AvgIpc) is 3.27. The molecule has 0 saturated carbocycles. The molecule has 1 aromatic heterocycles. The van der Waals surface area contributed by atoms with E-state index in [9.17, 15) is 0 Å². The molecule has 6 heteroatoms. The summed E-state index contributed by atoms with van der Waals surface area (Å²) in [4.78, 5) is 6.86. The molecule has 0 bridgehead atoms. The van der Waals surface area contributed by atoms with Gasteiger partial charge in [-0.15, -0.1) is 0 Å². The van der Waals surface area contributed by atoms with Crippen LogP contribution >= 0.6 is 0 Å². The molecule has 2 aliphatic rings. The first-order valence-electron chi connectivity index (χ1n) is 7.74. The molecule has 0 spiro atoms. The molecule has 0 amide bonds. The number of benzene rings is 1. The van der Waals surface area contributed by atoms with Crippen LogP contribution in [0.2, 0.25) is 0 Å². The third-order valence-corrected chi connectivity index (χ3v) is 4.21. The number of nitrogens with zero attached hydrogens (tertiary/aromatic N) is 3. The van der Waals surface area contributed by atoms with E-state index >= 15 is 0 Å². The lowest BCUT2D eigenvalue weighted by Crippen LogP contribution is -2.36. The second kappa shape index (κ2) is 6.06. The predicted octanol–water partition coefficient (Wildman–Crippen LogP) is 2.08. The molecule has 2 aromatic rings. The van der Waals surface area contributed by atoms with Crippen molar-refractivity contribution in [3.8, 4) is 11.5 Å². The minimum Gasteiger partial charge on any atom is -0.381 e.